The number of thiocarbonyl (C=S) groups is 1. The second-order valence-corrected chi connectivity index (χ2v) is 4.32. The van der Waals surface area contributed by atoms with Crippen LogP contribution in [0.4, 0.5) is 0 Å². The summed E-state index contributed by atoms with van der Waals surface area (Å²) in [4.78, 5) is 11.7. The first kappa shape index (κ1) is 13.7. The first-order chi connectivity index (χ1) is 8.15. The Hall–Kier alpha value is -1.40. The average Bonchev–Trinajstić information content (AvgIpc) is 2.34. The van der Waals surface area contributed by atoms with E-state index in [-0.39, 0.29) is 5.91 Å². The number of amides is 1. The minimum Gasteiger partial charge on any atom is -0.358 e. The molecule has 0 atom stereocenters. The largest absolute Gasteiger partial charge is 0.358 e. The van der Waals surface area contributed by atoms with E-state index in [4.69, 9.17) is 12.2 Å². The smallest absolute Gasteiger partial charge is 0.270 e. The lowest BCUT2D eigenvalue weighted by Gasteiger charge is -2.10. The number of carbonyl (C=O) groups is 1. The van der Waals surface area contributed by atoms with Crippen molar-refractivity contribution in [3.63, 3.8) is 0 Å². The fraction of sp³-hybridized carbons (Fsp3) is 0.0909. The summed E-state index contributed by atoms with van der Waals surface area (Å²) < 4.78 is 0.726. The number of rotatable bonds is 3. The fourth-order valence-corrected chi connectivity index (χ4v) is 1.63. The van der Waals surface area contributed by atoms with Crippen molar-refractivity contribution in [2.45, 2.75) is 0 Å². The first-order valence-corrected chi connectivity index (χ1v) is 6.05. The van der Waals surface area contributed by atoms with E-state index in [1.807, 2.05) is 6.07 Å². The van der Waals surface area contributed by atoms with Gasteiger partial charge in [-0.1, -0.05) is 18.2 Å². The molecule has 0 bridgehead atoms. The molecule has 0 aliphatic carbocycles. The highest BCUT2D eigenvalue weighted by atomic mass is 79.9. The van der Waals surface area contributed by atoms with Gasteiger partial charge in [0, 0.05) is 11.0 Å². The Morgan fingerprint density at radius 1 is 1.41 bits per heavy atom. The molecular weight excluding hydrogens is 302 g/mol. The molecule has 1 rings (SSSR count). The van der Waals surface area contributed by atoms with Gasteiger partial charge in [-0.15, -0.1) is 6.58 Å². The third kappa shape index (κ3) is 4.54. The topological polar surface area (TPSA) is 53.2 Å². The first-order valence-electron chi connectivity index (χ1n) is 4.84. The Kier molecular flexibility index (Phi) is 5.65. The summed E-state index contributed by atoms with van der Waals surface area (Å²) in [6, 6.07) is 7.13. The summed E-state index contributed by atoms with van der Waals surface area (Å²) in [6.45, 7) is 4.08. The molecule has 17 heavy (non-hydrogen) atoms. The second kappa shape index (κ2) is 7.03. The molecule has 0 heterocycles. The van der Waals surface area contributed by atoms with E-state index in [0.29, 0.717) is 17.2 Å². The van der Waals surface area contributed by atoms with Gasteiger partial charge in [-0.05, 0) is 40.3 Å². The van der Waals surface area contributed by atoms with Crippen molar-refractivity contribution >= 4 is 39.2 Å². The number of halogens is 1. The predicted octanol–water partition coefficient (Wildman–Crippen LogP) is 1.74. The van der Waals surface area contributed by atoms with Gasteiger partial charge in [0.25, 0.3) is 5.91 Å². The van der Waals surface area contributed by atoms with Crippen molar-refractivity contribution in [1.29, 1.82) is 0 Å². The predicted molar refractivity (Wildman–Crippen MR) is 75.5 cm³/mol. The van der Waals surface area contributed by atoms with Crippen LogP contribution in [0.3, 0.4) is 0 Å². The van der Waals surface area contributed by atoms with Gasteiger partial charge in [0.15, 0.2) is 5.11 Å². The van der Waals surface area contributed by atoms with Gasteiger partial charge in [-0.2, -0.15) is 0 Å². The lowest BCUT2D eigenvalue weighted by molar-refractivity contribution is 0.0943. The molecule has 0 aromatic heterocycles. The molecule has 0 aliphatic rings. The Morgan fingerprint density at radius 3 is 2.76 bits per heavy atom. The zero-order valence-corrected chi connectivity index (χ0v) is 11.4. The molecule has 0 saturated heterocycles. The van der Waals surface area contributed by atoms with Crippen LogP contribution in [0.1, 0.15) is 10.4 Å². The zero-order chi connectivity index (χ0) is 12.7. The monoisotopic (exact) mass is 313 g/mol. The van der Waals surface area contributed by atoms with Crippen LogP contribution in [0.2, 0.25) is 0 Å². The highest BCUT2D eigenvalue weighted by Gasteiger charge is 2.08. The minimum absolute atomic E-state index is 0.264. The lowest BCUT2D eigenvalue weighted by Crippen LogP contribution is -2.46. The van der Waals surface area contributed by atoms with E-state index < -0.39 is 0 Å². The van der Waals surface area contributed by atoms with E-state index in [9.17, 15) is 4.79 Å². The summed E-state index contributed by atoms with van der Waals surface area (Å²) in [5.74, 6) is -0.264. The van der Waals surface area contributed by atoms with Gasteiger partial charge in [-0.3, -0.25) is 15.6 Å². The number of benzene rings is 1. The normalized spacial score (nSPS) is 9.24. The molecule has 0 aliphatic heterocycles. The van der Waals surface area contributed by atoms with Crippen LogP contribution < -0.4 is 16.2 Å². The molecular formula is C11H12BrN3OS. The highest BCUT2D eigenvalue weighted by molar-refractivity contribution is 9.10. The highest BCUT2D eigenvalue weighted by Crippen LogP contribution is 2.14. The van der Waals surface area contributed by atoms with Gasteiger partial charge in [0.2, 0.25) is 0 Å². The maximum Gasteiger partial charge on any atom is 0.270 e. The summed E-state index contributed by atoms with van der Waals surface area (Å²) in [5.41, 5.74) is 5.62. The molecule has 0 unspecified atom stereocenters. The number of carbonyl (C=O) groups excluding carboxylic acids is 1. The van der Waals surface area contributed by atoms with Crippen LogP contribution in [0.15, 0.2) is 41.4 Å². The van der Waals surface area contributed by atoms with Gasteiger partial charge in [0.1, 0.15) is 0 Å². The lowest BCUT2D eigenvalue weighted by atomic mass is 10.2. The van der Waals surface area contributed by atoms with E-state index in [1.165, 1.54) is 0 Å². The van der Waals surface area contributed by atoms with Gasteiger partial charge < -0.3 is 5.32 Å². The van der Waals surface area contributed by atoms with Crippen LogP contribution in [-0.2, 0) is 0 Å². The van der Waals surface area contributed by atoms with E-state index in [1.54, 1.807) is 24.3 Å². The van der Waals surface area contributed by atoms with E-state index in [2.05, 4.69) is 38.7 Å². The quantitative estimate of drug-likeness (QED) is 0.452. The molecule has 6 heteroatoms. The molecule has 1 aromatic rings. The second-order valence-electron chi connectivity index (χ2n) is 3.06. The summed E-state index contributed by atoms with van der Waals surface area (Å²) in [7, 11) is 0. The Balaban J connectivity index is 2.48. The van der Waals surface area contributed by atoms with E-state index in [0.717, 1.165) is 4.47 Å². The summed E-state index contributed by atoms with van der Waals surface area (Å²) in [5, 5.41) is 3.17. The zero-order valence-electron chi connectivity index (χ0n) is 9.00. The molecule has 1 amide bonds. The molecule has 0 fully saturated rings. The SMILES string of the molecule is C=CCNC(=S)NNC(=O)c1ccccc1Br. The molecule has 4 nitrogen and oxygen atoms in total. The maximum absolute atomic E-state index is 11.7. The average molecular weight is 314 g/mol. The van der Waals surface area contributed by atoms with Crippen molar-refractivity contribution in [2.75, 3.05) is 6.54 Å². The van der Waals surface area contributed by atoms with Gasteiger partial charge in [-0.25, -0.2) is 0 Å². The van der Waals surface area contributed by atoms with Crippen molar-refractivity contribution in [3.05, 3.63) is 47.0 Å². The van der Waals surface area contributed by atoms with Gasteiger partial charge in [0.05, 0.1) is 5.56 Å². The van der Waals surface area contributed by atoms with Crippen LogP contribution in [0, 0.1) is 0 Å². The summed E-state index contributed by atoms with van der Waals surface area (Å²) in [6.07, 6.45) is 1.67. The fourth-order valence-electron chi connectivity index (χ4n) is 1.04. The van der Waals surface area contributed by atoms with Crippen molar-refractivity contribution in [2.24, 2.45) is 0 Å². The number of hydrazine groups is 1. The minimum atomic E-state index is -0.264. The molecule has 0 radical (unpaired) electrons. The Bertz CT molecular complexity index is 436. The summed E-state index contributed by atoms with van der Waals surface area (Å²) >= 11 is 8.22. The number of nitrogens with one attached hydrogen (secondary N) is 3. The maximum atomic E-state index is 11.7. The Morgan fingerprint density at radius 2 is 2.12 bits per heavy atom. The van der Waals surface area contributed by atoms with Crippen LogP contribution in [0.25, 0.3) is 0 Å². The van der Waals surface area contributed by atoms with Gasteiger partial charge >= 0.3 is 0 Å². The van der Waals surface area contributed by atoms with Crippen molar-refractivity contribution < 1.29 is 4.79 Å². The Labute approximate surface area is 114 Å². The van der Waals surface area contributed by atoms with Crippen LogP contribution in [0.5, 0.6) is 0 Å². The third-order valence-corrected chi connectivity index (χ3v) is 2.75. The molecule has 0 saturated carbocycles. The standard InChI is InChI=1S/C11H12BrN3OS/c1-2-7-13-11(17)15-14-10(16)8-5-3-4-6-9(8)12/h2-6H,1,7H2,(H,14,16)(H2,13,15,17). The third-order valence-electron chi connectivity index (χ3n) is 1.82. The van der Waals surface area contributed by atoms with Crippen LogP contribution >= 0.6 is 28.1 Å². The molecule has 3 N–H and O–H groups in total. The number of hydrogen-bond acceptors (Lipinski definition) is 2. The van der Waals surface area contributed by atoms with E-state index >= 15 is 0 Å². The molecule has 0 spiro atoms. The molecule has 90 valence electrons. The van der Waals surface area contributed by atoms with Crippen LogP contribution in [-0.4, -0.2) is 17.6 Å². The van der Waals surface area contributed by atoms with Crippen molar-refractivity contribution in [1.82, 2.24) is 16.2 Å². The van der Waals surface area contributed by atoms with Crippen molar-refractivity contribution in [3.8, 4) is 0 Å². The molecule has 1 aromatic carbocycles. The number of hydrogen-bond donors (Lipinski definition) is 3.